The van der Waals surface area contributed by atoms with Gasteiger partial charge in [0.1, 0.15) is 17.3 Å². The van der Waals surface area contributed by atoms with Gasteiger partial charge in [0.2, 0.25) is 0 Å². The molecule has 0 bridgehead atoms. The third-order valence-electron chi connectivity index (χ3n) is 5.88. The first-order valence-corrected chi connectivity index (χ1v) is 10.6. The number of ether oxygens (including phenoxy) is 3. The van der Waals surface area contributed by atoms with Crippen molar-refractivity contribution in [3.63, 3.8) is 0 Å². The van der Waals surface area contributed by atoms with Crippen LogP contribution in [0.15, 0.2) is 54.6 Å². The quantitative estimate of drug-likeness (QED) is 0.522. The summed E-state index contributed by atoms with van der Waals surface area (Å²) in [6.07, 6.45) is -0.406. The number of carbonyl (C=O) groups excluding carboxylic acids is 3. The third-order valence-corrected chi connectivity index (χ3v) is 5.88. The minimum atomic E-state index is -1.85. The Balaban J connectivity index is 2.22. The van der Waals surface area contributed by atoms with Gasteiger partial charge in [-0.1, -0.05) is 42.5 Å². The summed E-state index contributed by atoms with van der Waals surface area (Å²) in [5.41, 5.74) is -0.908. The Hall–Kier alpha value is -3.19. The van der Waals surface area contributed by atoms with Gasteiger partial charge in [0.25, 0.3) is 0 Å². The molecule has 2 aromatic rings. The molecule has 1 N–H and O–H groups in total. The molecule has 2 aromatic carbocycles. The van der Waals surface area contributed by atoms with Crippen molar-refractivity contribution in [2.75, 3.05) is 20.3 Å². The van der Waals surface area contributed by atoms with Crippen LogP contribution in [0, 0.1) is 11.8 Å². The average molecular weight is 440 g/mol. The fourth-order valence-corrected chi connectivity index (χ4v) is 4.48. The lowest BCUT2D eigenvalue weighted by molar-refractivity contribution is -0.176. The van der Waals surface area contributed by atoms with Crippen LogP contribution in [0.25, 0.3) is 0 Å². The number of aliphatic hydroxyl groups is 1. The lowest BCUT2D eigenvalue weighted by Gasteiger charge is -2.45. The molecule has 4 atom stereocenters. The summed E-state index contributed by atoms with van der Waals surface area (Å²) >= 11 is 0. The van der Waals surface area contributed by atoms with Gasteiger partial charge in [-0.15, -0.1) is 0 Å². The first-order valence-electron chi connectivity index (χ1n) is 10.6. The van der Waals surface area contributed by atoms with Gasteiger partial charge in [0, 0.05) is 12.3 Å². The third kappa shape index (κ3) is 4.39. The van der Waals surface area contributed by atoms with Crippen molar-refractivity contribution in [3.8, 4) is 5.75 Å². The highest BCUT2D eigenvalue weighted by Crippen LogP contribution is 2.51. The van der Waals surface area contributed by atoms with Crippen LogP contribution in [0.1, 0.15) is 37.3 Å². The van der Waals surface area contributed by atoms with E-state index in [1.165, 1.54) is 7.11 Å². The molecule has 0 saturated heterocycles. The number of benzene rings is 2. The summed E-state index contributed by atoms with van der Waals surface area (Å²) in [5, 5.41) is 11.8. The minimum absolute atomic E-state index is 0.0883. The van der Waals surface area contributed by atoms with Gasteiger partial charge in [0.05, 0.1) is 26.2 Å². The van der Waals surface area contributed by atoms with Gasteiger partial charge < -0.3 is 19.3 Å². The van der Waals surface area contributed by atoms with E-state index in [1.54, 1.807) is 68.4 Å². The van der Waals surface area contributed by atoms with E-state index in [-0.39, 0.29) is 13.2 Å². The van der Waals surface area contributed by atoms with Crippen LogP contribution >= 0.6 is 0 Å². The minimum Gasteiger partial charge on any atom is -0.497 e. The Morgan fingerprint density at radius 1 is 0.969 bits per heavy atom. The van der Waals surface area contributed by atoms with Crippen molar-refractivity contribution in [2.24, 2.45) is 11.8 Å². The van der Waals surface area contributed by atoms with Gasteiger partial charge >= 0.3 is 11.9 Å². The number of rotatable bonds is 7. The summed E-state index contributed by atoms with van der Waals surface area (Å²) in [4.78, 5) is 39.4. The van der Waals surface area contributed by atoms with Gasteiger partial charge in [-0.3, -0.25) is 14.4 Å². The number of methoxy groups -OCH3 is 1. The summed E-state index contributed by atoms with van der Waals surface area (Å²) in [7, 11) is 1.52. The van der Waals surface area contributed by atoms with E-state index in [0.717, 1.165) is 0 Å². The maximum absolute atomic E-state index is 13.3. The molecule has 0 heterocycles. The van der Waals surface area contributed by atoms with Crippen LogP contribution < -0.4 is 4.74 Å². The highest BCUT2D eigenvalue weighted by molar-refractivity contribution is 6.03. The number of hydrogen-bond acceptors (Lipinski definition) is 7. The maximum atomic E-state index is 13.3. The lowest BCUT2D eigenvalue weighted by atomic mass is 9.59. The Kier molecular flexibility index (Phi) is 7.30. The highest BCUT2D eigenvalue weighted by atomic mass is 16.5. The predicted molar refractivity (Wildman–Crippen MR) is 116 cm³/mol. The summed E-state index contributed by atoms with van der Waals surface area (Å²) in [6, 6.07) is 15.3. The Morgan fingerprint density at radius 2 is 1.56 bits per heavy atom. The molecule has 0 aliphatic heterocycles. The van der Waals surface area contributed by atoms with Crippen LogP contribution in [0.3, 0.4) is 0 Å². The van der Waals surface area contributed by atoms with Crippen LogP contribution in [0.5, 0.6) is 5.75 Å². The topological polar surface area (TPSA) is 99.1 Å². The van der Waals surface area contributed by atoms with Gasteiger partial charge in [-0.25, -0.2) is 0 Å². The molecule has 0 radical (unpaired) electrons. The molecule has 0 spiro atoms. The molecule has 1 saturated carbocycles. The van der Waals surface area contributed by atoms with Crippen molar-refractivity contribution in [3.05, 3.63) is 65.7 Å². The second-order valence-corrected chi connectivity index (χ2v) is 7.69. The molecular formula is C25H28O7. The molecule has 170 valence electrons. The smallest absolute Gasteiger partial charge is 0.317 e. The fraction of sp³-hybridized carbons (Fsp3) is 0.400. The van der Waals surface area contributed by atoms with Gasteiger partial charge in [0.15, 0.2) is 5.78 Å². The van der Waals surface area contributed by atoms with E-state index in [2.05, 4.69) is 0 Å². The van der Waals surface area contributed by atoms with Crippen molar-refractivity contribution in [2.45, 2.75) is 31.8 Å². The van der Waals surface area contributed by atoms with Crippen molar-refractivity contribution in [1.82, 2.24) is 0 Å². The zero-order chi connectivity index (χ0) is 23.3. The summed E-state index contributed by atoms with van der Waals surface area (Å²) in [6.45, 7) is 3.49. The van der Waals surface area contributed by atoms with Crippen LogP contribution in [0.2, 0.25) is 0 Å². The number of ketones is 1. The van der Waals surface area contributed by atoms with Crippen molar-refractivity contribution >= 4 is 17.7 Å². The van der Waals surface area contributed by atoms with Gasteiger partial charge in [-0.05, 0) is 37.1 Å². The molecule has 0 amide bonds. The van der Waals surface area contributed by atoms with E-state index in [1.807, 2.05) is 0 Å². The second kappa shape index (κ2) is 9.96. The molecule has 7 nitrogen and oxygen atoms in total. The standard InChI is InChI=1S/C25H28O7/c1-4-31-23(27)21-19(26)15-25(29,17-9-7-6-8-10-17)22(24(28)32-5-2)20(21)16-11-13-18(30-3)14-12-16/h6-14,20-22,29H,4-5,15H2,1-3H3/t20-,21+,22-,25-/m1/s1. The number of hydrogen-bond donors (Lipinski definition) is 1. The first kappa shape index (κ1) is 23.5. The Bertz CT molecular complexity index is 954. The normalized spacial score (nSPS) is 25.1. The van der Waals surface area contributed by atoms with Crippen molar-refractivity contribution in [1.29, 1.82) is 0 Å². The molecule has 0 unspecified atom stereocenters. The summed E-state index contributed by atoms with van der Waals surface area (Å²) in [5.74, 6) is -4.74. The average Bonchev–Trinajstić information content (AvgIpc) is 2.79. The fourth-order valence-electron chi connectivity index (χ4n) is 4.48. The van der Waals surface area contributed by atoms with E-state index in [9.17, 15) is 19.5 Å². The molecule has 1 aliphatic carbocycles. The molecule has 1 aliphatic rings. The SMILES string of the molecule is CCOC(=O)[C@H]1C(=O)C[C@@](O)(c2ccccc2)[C@@H](C(=O)OCC)[C@@H]1c1ccc(OC)cc1. The van der Waals surface area contributed by atoms with Crippen LogP contribution in [0.4, 0.5) is 0 Å². The number of Topliss-reactive ketones (excluding diaryl/α,β-unsaturated/α-hetero) is 1. The molecule has 3 rings (SSSR count). The second-order valence-electron chi connectivity index (χ2n) is 7.69. The molecule has 7 heteroatoms. The number of esters is 2. The van der Waals surface area contributed by atoms with Crippen LogP contribution in [-0.4, -0.2) is 43.2 Å². The molecule has 32 heavy (non-hydrogen) atoms. The monoisotopic (exact) mass is 440 g/mol. The maximum Gasteiger partial charge on any atom is 0.317 e. The highest BCUT2D eigenvalue weighted by Gasteiger charge is 2.59. The Labute approximate surface area is 187 Å². The van der Waals surface area contributed by atoms with E-state index < -0.39 is 47.5 Å². The van der Waals surface area contributed by atoms with E-state index in [0.29, 0.717) is 16.9 Å². The largest absolute Gasteiger partial charge is 0.497 e. The Morgan fingerprint density at radius 3 is 2.12 bits per heavy atom. The predicted octanol–water partition coefficient (Wildman–Crippen LogP) is 3.00. The van der Waals surface area contributed by atoms with E-state index >= 15 is 0 Å². The lowest BCUT2D eigenvalue weighted by Crippen LogP contribution is -2.55. The molecular weight excluding hydrogens is 412 g/mol. The number of carbonyl (C=O) groups is 3. The van der Waals surface area contributed by atoms with Gasteiger partial charge in [-0.2, -0.15) is 0 Å². The molecule has 1 fully saturated rings. The van der Waals surface area contributed by atoms with Crippen molar-refractivity contribution < 1.29 is 33.7 Å². The summed E-state index contributed by atoms with van der Waals surface area (Å²) < 4.78 is 15.7. The van der Waals surface area contributed by atoms with Crippen LogP contribution in [-0.2, 0) is 29.5 Å². The zero-order valence-electron chi connectivity index (χ0n) is 18.4. The zero-order valence-corrected chi connectivity index (χ0v) is 18.4. The first-order chi connectivity index (χ1) is 15.4. The van der Waals surface area contributed by atoms with E-state index in [4.69, 9.17) is 14.2 Å². The molecule has 0 aromatic heterocycles.